The van der Waals surface area contributed by atoms with Gasteiger partial charge in [0.1, 0.15) is 5.54 Å². The SMILES string of the molecule is CC(C)N1CCN(C=O)C(c2ccc(CN3CCCCCC3)cc2)(c2ccc(CN3CCCCCC3)cc2)C1. The second-order valence-electron chi connectivity index (χ2n) is 12.5. The van der Waals surface area contributed by atoms with Gasteiger partial charge in [0, 0.05) is 38.8 Å². The Labute approximate surface area is 237 Å². The molecule has 0 N–H and O–H groups in total. The molecule has 212 valence electrons. The quantitative estimate of drug-likeness (QED) is 0.400. The lowest BCUT2D eigenvalue weighted by Crippen LogP contribution is -2.61. The van der Waals surface area contributed by atoms with Gasteiger partial charge in [-0.1, -0.05) is 74.2 Å². The van der Waals surface area contributed by atoms with Crippen molar-refractivity contribution in [2.75, 3.05) is 45.8 Å². The van der Waals surface area contributed by atoms with E-state index in [-0.39, 0.29) is 0 Å². The molecule has 1 amide bonds. The standard InChI is InChI=1S/C34H50N4O/c1-29(2)37-23-24-38(28-39)34(27-37,32-15-11-30(12-16-32)25-35-19-7-3-4-8-20-35)33-17-13-31(14-18-33)26-36-21-9-5-6-10-22-36/h11-18,28-29H,3-10,19-27H2,1-2H3. The minimum absolute atomic E-state index is 0.433. The van der Waals surface area contributed by atoms with E-state index in [1.807, 2.05) is 0 Å². The lowest BCUT2D eigenvalue weighted by atomic mass is 9.78. The Morgan fingerprint density at radius 2 is 1.08 bits per heavy atom. The highest BCUT2D eigenvalue weighted by Crippen LogP contribution is 2.39. The van der Waals surface area contributed by atoms with Gasteiger partial charge in [-0.3, -0.25) is 19.5 Å². The molecule has 0 saturated carbocycles. The maximum Gasteiger partial charge on any atom is 0.210 e. The first-order valence-corrected chi connectivity index (χ1v) is 15.7. The average Bonchev–Trinajstić information content (AvgIpc) is 3.38. The van der Waals surface area contributed by atoms with Crippen LogP contribution in [-0.4, -0.2) is 77.9 Å². The van der Waals surface area contributed by atoms with Gasteiger partial charge in [-0.25, -0.2) is 0 Å². The zero-order chi connectivity index (χ0) is 27.1. The summed E-state index contributed by atoms with van der Waals surface area (Å²) in [5.74, 6) is 0. The highest BCUT2D eigenvalue weighted by atomic mass is 16.1. The van der Waals surface area contributed by atoms with E-state index < -0.39 is 5.54 Å². The highest BCUT2D eigenvalue weighted by molar-refractivity contribution is 5.56. The predicted octanol–water partition coefficient (Wildman–Crippen LogP) is 5.86. The van der Waals surface area contributed by atoms with Gasteiger partial charge in [0.15, 0.2) is 0 Å². The molecule has 0 radical (unpaired) electrons. The first-order valence-electron chi connectivity index (χ1n) is 15.7. The fourth-order valence-corrected chi connectivity index (χ4v) is 7.03. The van der Waals surface area contributed by atoms with Gasteiger partial charge < -0.3 is 4.90 Å². The van der Waals surface area contributed by atoms with Crippen molar-refractivity contribution in [1.82, 2.24) is 19.6 Å². The van der Waals surface area contributed by atoms with Gasteiger partial charge in [-0.15, -0.1) is 0 Å². The van der Waals surface area contributed by atoms with E-state index in [4.69, 9.17) is 0 Å². The van der Waals surface area contributed by atoms with Gasteiger partial charge in [-0.2, -0.15) is 0 Å². The van der Waals surface area contributed by atoms with Crippen LogP contribution < -0.4 is 0 Å². The molecule has 0 spiro atoms. The van der Waals surface area contributed by atoms with Crippen molar-refractivity contribution in [2.45, 2.75) is 89.9 Å². The summed E-state index contributed by atoms with van der Waals surface area (Å²) in [4.78, 5) is 22.4. The largest absolute Gasteiger partial charge is 0.329 e. The van der Waals surface area contributed by atoms with Gasteiger partial charge in [0.25, 0.3) is 0 Å². The summed E-state index contributed by atoms with van der Waals surface area (Å²) in [6, 6.07) is 18.9. The van der Waals surface area contributed by atoms with Crippen molar-refractivity contribution in [2.24, 2.45) is 0 Å². The maximum atomic E-state index is 12.6. The second-order valence-corrected chi connectivity index (χ2v) is 12.5. The molecule has 3 saturated heterocycles. The third-order valence-electron chi connectivity index (χ3n) is 9.48. The lowest BCUT2D eigenvalue weighted by Gasteiger charge is -2.51. The maximum absolute atomic E-state index is 12.6. The summed E-state index contributed by atoms with van der Waals surface area (Å²) in [7, 11) is 0. The van der Waals surface area contributed by atoms with Crippen LogP contribution >= 0.6 is 0 Å². The molecule has 3 aliphatic heterocycles. The molecule has 0 aromatic heterocycles. The molecular formula is C34H50N4O. The number of nitrogens with zero attached hydrogens (tertiary/aromatic N) is 4. The predicted molar refractivity (Wildman–Crippen MR) is 161 cm³/mol. The van der Waals surface area contributed by atoms with Crippen molar-refractivity contribution < 1.29 is 4.79 Å². The van der Waals surface area contributed by atoms with Crippen molar-refractivity contribution >= 4 is 6.41 Å². The number of hydrogen-bond donors (Lipinski definition) is 0. The third-order valence-corrected chi connectivity index (χ3v) is 9.48. The Bertz CT molecular complexity index is 953. The molecule has 2 aromatic rings. The van der Waals surface area contributed by atoms with Crippen LogP contribution in [0.2, 0.25) is 0 Å². The van der Waals surface area contributed by atoms with Crippen LogP contribution in [0.5, 0.6) is 0 Å². The van der Waals surface area contributed by atoms with E-state index in [0.717, 1.165) is 39.1 Å². The van der Waals surface area contributed by atoms with Crippen LogP contribution in [-0.2, 0) is 23.4 Å². The van der Waals surface area contributed by atoms with Crippen molar-refractivity contribution in [1.29, 1.82) is 0 Å². The number of benzene rings is 2. The molecule has 0 bridgehead atoms. The summed E-state index contributed by atoms with van der Waals surface area (Å²) in [6.07, 6.45) is 11.8. The lowest BCUT2D eigenvalue weighted by molar-refractivity contribution is -0.127. The molecule has 5 rings (SSSR count). The monoisotopic (exact) mass is 530 g/mol. The van der Waals surface area contributed by atoms with Crippen molar-refractivity contribution in [3.63, 3.8) is 0 Å². The average molecular weight is 531 g/mol. The summed E-state index contributed by atoms with van der Waals surface area (Å²) in [5.41, 5.74) is 4.71. The minimum atomic E-state index is -0.480. The van der Waals surface area contributed by atoms with Crippen LogP contribution in [0.15, 0.2) is 48.5 Å². The summed E-state index contributed by atoms with van der Waals surface area (Å²) in [6.45, 7) is 13.9. The molecule has 39 heavy (non-hydrogen) atoms. The third kappa shape index (κ3) is 6.75. The van der Waals surface area contributed by atoms with Crippen LogP contribution in [0.4, 0.5) is 0 Å². The molecular weight excluding hydrogens is 480 g/mol. The van der Waals surface area contributed by atoms with Crippen LogP contribution in [0.1, 0.15) is 87.5 Å². The summed E-state index contributed by atoms with van der Waals surface area (Å²) >= 11 is 0. The fraction of sp³-hybridized carbons (Fsp3) is 0.618. The van der Waals surface area contributed by atoms with E-state index in [9.17, 15) is 4.79 Å². The Hall–Kier alpha value is -2.21. The van der Waals surface area contributed by atoms with Crippen molar-refractivity contribution in [3.05, 3.63) is 70.8 Å². The van der Waals surface area contributed by atoms with Gasteiger partial charge in [0.2, 0.25) is 6.41 Å². The van der Waals surface area contributed by atoms with E-state index in [1.165, 1.54) is 99.8 Å². The smallest absolute Gasteiger partial charge is 0.210 e. The molecule has 0 aliphatic carbocycles. The zero-order valence-electron chi connectivity index (χ0n) is 24.5. The zero-order valence-corrected chi connectivity index (χ0v) is 24.5. The molecule has 3 aliphatic rings. The number of amides is 1. The van der Waals surface area contributed by atoms with Crippen LogP contribution in [0.3, 0.4) is 0 Å². The van der Waals surface area contributed by atoms with E-state index >= 15 is 0 Å². The fourth-order valence-electron chi connectivity index (χ4n) is 7.03. The number of hydrogen-bond acceptors (Lipinski definition) is 4. The Kier molecular flexibility index (Phi) is 9.75. The number of rotatable bonds is 8. The van der Waals surface area contributed by atoms with E-state index in [0.29, 0.717) is 6.04 Å². The number of likely N-dealkylation sites (tertiary alicyclic amines) is 2. The van der Waals surface area contributed by atoms with Gasteiger partial charge in [-0.05, 0) is 88.0 Å². The van der Waals surface area contributed by atoms with Crippen LogP contribution in [0, 0.1) is 0 Å². The van der Waals surface area contributed by atoms with E-state index in [1.54, 1.807) is 0 Å². The number of carbonyl (C=O) groups is 1. The normalized spacial score (nSPS) is 22.0. The first-order chi connectivity index (χ1) is 19.1. The second kappa shape index (κ2) is 13.4. The van der Waals surface area contributed by atoms with E-state index in [2.05, 4.69) is 82.0 Å². The summed E-state index contributed by atoms with van der Waals surface area (Å²) < 4.78 is 0. The molecule has 3 fully saturated rings. The Morgan fingerprint density at radius 1 is 0.641 bits per heavy atom. The number of piperazine rings is 1. The molecule has 3 heterocycles. The molecule has 5 heteroatoms. The highest BCUT2D eigenvalue weighted by Gasteiger charge is 2.44. The van der Waals surface area contributed by atoms with Crippen LogP contribution in [0.25, 0.3) is 0 Å². The Balaban J connectivity index is 1.43. The molecule has 5 nitrogen and oxygen atoms in total. The van der Waals surface area contributed by atoms with Gasteiger partial charge >= 0.3 is 0 Å². The molecule has 0 atom stereocenters. The summed E-state index contributed by atoms with van der Waals surface area (Å²) in [5, 5.41) is 0. The number of carbonyl (C=O) groups excluding carboxylic acids is 1. The Morgan fingerprint density at radius 3 is 1.46 bits per heavy atom. The van der Waals surface area contributed by atoms with Gasteiger partial charge in [0.05, 0.1) is 0 Å². The van der Waals surface area contributed by atoms with Crippen molar-refractivity contribution in [3.8, 4) is 0 Å². The topological polar surface area (TPSA) is 30.0 Å². The molecule has 2 aromatic carbocycles. The minimum Gasteiger partial charge on any atom is -0.329 e. The molecule has 0 unspecified atom stereocenters. The first kappa shape index (κ1) is 28.3.